The van der Waals surface area contributed by atoms with Crippen LogP contribution in [-0.4, -0.2) is 15.6 Å². The summed E-state index contributed by atoms with van der Waals surface area (Å²) in [5, 5.41) is 6.74. The van der Waals surface area contributed by atoms with Gasteiger partial charge in [-0.15, -0.1) is 11.3 Å². The molecule has 0 N–H and O–H groups in total. The van der Waals surface area contributed by atoms with Crippen molar-refractivity contribution in [2.24, 2.45) is 0 Å². The van der Waals surface area contributed by atoms with E-state index in [1.807, 2.05) is 11.6 Å². The fraction of sp³-hybridized carbons (Fsp3) is 0.263. The summed E-state index contributed by atoms with van der Waals surface area (Å²) in [7, 11) is 0. The van der Waals surface area contributed by atoms with Crippen LogP contribution in [0.25, 0.3) is 5.69 Å². The highest BCUT2D eigenvalue weighted by Gasteiger charge is 2.32. The van der Waals surface area contributed by atoms with Gasteiger partial charge in [0.25, 0.3) is 0 Å². The zero-order chi connectivity index (χ0) is 16.0. The Balaban J connectivity index is 1.81. The van der Waals surface area contributed by atoms with Gasteiger partial charge in [-0.25, -0.2) is 4.68 Å². The van der Waals surface area contributed by atoms with Gasteiger partial charge in [-0.05, 0) is 43.8 Å². The fourth-order valence-electron chi connectivity index (χ4n) is 3.38. The first kappa shape index (κ1) is 14.4. The molecule has 0 bridgehead atoms. The Labute approximate surface area is 139 Å². The minimum absolute atomic E-state index is 0.223. The number of Topliss-reactive ketones (excluding diaryl/α,β-unsaturated/α-hetero) is 1. The summed E-state index contributed by atoms with van der Waals surface area (Å²) < 4.78 is 1.96. The van der Waals surface area contributed by atoms with Gasteiger partial charge in [0.2, 0.25) is 0 Å². The van der Waals surface area contributed by atoms with Crippen molar-refractivity contribution in [3.63, 3.8) is 0 Å². The third-order valence-corrected chi connectivity index (χ3v) is 5.57. The first-order valence-electron chi connectivity index (χ1n) is 7.85. The molecule has 1 aromatic carbocycles. The van der Waals surface area contributed by atoms with Gasteiger partial charge in [-0.1, -0.05) is 23.8 Å². The minimum Gasteiger partial charge on any atom is -0.294 e. The molecule has 0 fully saturated rings. The Kier molecular flexibility index (Phi) is 3.42. The summed E-state index contributed by atoms with van der Waals surface area (Å²) in [4.78, 5) is 14.0. The number of rotatable bonds is 2. The molecular weight excluding hydrogens is 304 g/mol. The number of hydrogen-bond acceptors (Lipinski definition) is 3. The lowest BCUT2D eigenvalue weighted by molar-refractivity contribution is 0.0963. The zero-order valence-electron chi connectivity index (χ0n) is 13.2. The van der Waals surface area contributed by atoms with Crippen molar-refractivity contribution in [2.75, 3.05) is 0 Å². The largest absolute Gasteiger partial charge is 0.294 e. The van der Waals surface area contributed by atoms with E-state index in [2.05, 4.69) is 53.8 Å². The van der Waals surface area contributed by atoms with E-state index >= 15 is 0 Å². The van der Waals surface area contributed by atoms with Crippen LogP contribution in [0.3, 0.4) is 0 Å². The number of nitrogens with zero attached hydrogens (tertiary/aromatic N) is 2. The van der Waals surface area contributed by atoms with Gasteiger partial charge in [-0.3, -0.25) is 4.79 Å². The lowest BCUT2D eigenvalue weighted by Gasteiger charge is -2.22. The maximum Gasteiger partial charge on any atom is 0.167 e. The summed E-state index contributed by atoms with van der Waals surface area (Å²) in [5.74, 6) is 0.496. The average molecular weight is 322 g/mol. The third-order valence-electron chi connectivity index (χ3n) is 4.53. The molecule has 2 aromatic heterocycles. The Morgan fingerprint density at radius 1 is 1.13 bits per heavy atom. The number of aromatic nitrogens is 2. The van der Waals surface area contributed by atoms with E-state index in [-0.39, 0.29) is 11.7 Å². The lowest BCUT2D eigenvalue weighted by Crippen LogP contribution is -2.20. The second-order valence-corrected chi connectivity index (χ2v) is 7.18. The van der Waals surface area contributed by atoms with Crippen molar-refractivity contribution in [3.8, 4) is 5.69 Å². The van der Waals surface area contributed by atoms with E-state index in [9.17, 15) is 4.79 Å². The van der Waals surface area contributed by atoms with Gasteiger partial charge in [0.15, 0.2) is 5.78 Å². The predicted octanol–water partition coefficient (Wildman–Crippen LogP) is 4.46. The van der Waals surface area contributed by atoms with Crippen LogP contribution in [0.1, 0.15) is 44.5 Å². The van der Waals surface area contributed by atoms with Crippen LogP contribution in [0, 0.1) is 13.8 Å². The molecule has 116 valence electrons. The van der Waals surface area contributed by atoms with Crippen molar-refractivity contribution < 1.29 is 4.79 Å². The highest BCUT2D eigenvalue weighted by molar-refractivity contribution is 7.10. The van der Waals surface area contributed by atoms with Crippen molar-refractivity contribution in [1.29, 1.82) is 0 Å². The Hall–Kier alpha value is -2.20. The Bertz CT molecular complexity index is 860. The topological polar surface area (TPSA) is 34.9 Å². The summed E-state index contributed by atoms with van der Waals surface area (Å²) in [6.45, 7) is 4.01. The number of carbonyl (C=O) groups is 1. The molecule has 3 aromatic rings. The van der Waals surface area contributed by atoms with Crippen LogP contribution in [0.15, 0.2) is 41.8 Å². The number of carbonyl (C=O) groups excluding carboxylic acids is 1. The van der Waals surface area contributed by atoms with Crippen LogP contribution in [-0.2, 0) is 6.42 Å². The standard InChI is InChI=1S/C19H18N2OS/c1-12-5-7-15(8-6-12)21-16-10-14(18-4-3-9-23-18)11-17(22)19(16)13(2)20-21/h3-9,14H,10-11H2,1-2H3. The maximum atomic E-state index is 12.7. The molecule has 1 aliphatic carbocycles. The first-order valence-corrected chi connectivity index (χ1v) is 8.73. The number of hydrogen-bond donors (Lipinski definition) is 0. The molecule has 1 unspecified atom stereocenters. The monoisotopic (exact) mass is 322 g/mol. The predicted molar refractivity (Wildman–Crippen MR) is 92.7 cm³/mol. The van der Waals surface area contributed by atoms with Gasteiger partial charge in [0, 0.05) is 17.2 Å². The van der Waals surface area contributed by atoms with Gasteiger partial charge >= 0.3 is 0 Å². The zero-order valence-corrected chi connectivity index (χ0v) is 14.1. The lowest BCUT2D eigenvalue weighted by atomic mass is 9.85. The number of fused-ring (bicyclic) bond motifs is 1. The molecule has 0 saturated carbocycles. The van der Waals surface area contributed by atoms with E-state index in [1.54, 1.807) is 11.3 Å². The second kappa shape index (κ2) is 5.46. The molecule has 23 heavy (non-hydrogen) atoms. The van der Waals surface area contributed by atoms with E-state index < -0.39 is 0 Å². The van der Waals surface area contributed by atoms with Crippen molar-refractivity contribution in [2.45, 2.75) is 32.6 Å². The smallest absolute Gasteiger partial charge is 0.167 e. The molecule has 1 aliphatic rings. The summed E-state index contributed by atoms with van der Waals surface area (Å²) in [5.41, 5.74) is 4.98. The molecule has 3 nitrogen and oxygen atoms in total. The maximum absolute atomic E-state index is 12.7. The minimum atomic E-state index is 0.223. The van der Waals surface area contributed by atoms with Gasteiger partial charge in [0.1, 0.15) is 0 Å². The van der Waals surface area contributed by atoms with Gasteiger partial charge in [-0.2, -0.15) is 5.10 Å². The van der Waals surface area contributed by atoms with Crippen LogP contribution in [0.2, 0.25) is 0 Å². The highest BCUT2D eigenvalue weighted by atomic mass is 32.1. The van der Waals surface area contributed by atoms with E-state index in [0.717, 1.165) is 29.1 Å². The number of aryl methyl sites for hydroxylation is 2. The molecule has 1 atom stereocenters. The number of ketones is 1. The molecule has 0 saturated heterocycles. The van der Waals surface area contributed by atoms with Crippen LogP contribution in [0.5, 0.6) is 0 Å². The van der Waals surface area contributed by atoms with Crippen LogP contribution in [0.4, 0.5) is 0 Å². The molecule has 4 heteroatoms. The average Bonchev–Trinajstić information content (AvgIpc) is 3.16. The first-order chi connectivity index (χ1) is 11.1. The summed E-state index contributed by atoms with van der Waals surface area (Å²) >= 11 is 1.73. The third kappa shape index (κ3) is 2.43. The van der Waals surface area contributed by atoms with E-state index in [1.165, 1.54) is 10.4 Å². The summed E-state index contributed by atoms with van der Waals surface area (Å²) in [6, 6.07) is 12.5. The molecule has 0 spiro atoms. The van der Waals surface area contributed by atoms with E-state index in [0.29, 0.717) is 6.42 Å². The van der Waals surface area contributed by atoms with Crippen molar-refractivity contribution >= 4 is 17.1 Å². The summed E-state index contributed by atoms with van der Waals surface area (Å²) in [6.07, 6.45) is 1.46. The Morgan fingerprint density at radius 2 is 1.91 bits per heavy atom. The van der Waals surface area contributed by atoms with Gasteiger partial charge < -0.3 is 0 Å². The molecular formula is C19H18N2OS. The SMILES string of the molecule is Cc1ccc(-n2nc(C)c3c2CC(c2cccs2)CC3=O)cc1. The highest BCUT2D eigenvalue weighted by Crippen LogP contribution is 2.36. The molecule has 0 amide bonds. The second-order valence-electron chi connectivity index (χ2n) is 6.20. The van der Waals surface area contributed by atoms with Crippen LogP contribution < -0.4 is 0 Å². The van der Waals surface area contributed by atoms with Crippen molar-refractivity contribution in [1.82, 2.24) is 9.78 Å². The van der Waals surface area contributed by atoms with Crippen molar-refractivity contribution in [3.05, 3.63) is 69.2 Å². The van der Waals surface area contributed by atoms with E-state index in [4.69, 9.17) is 0 Å². The molecule has 4 rings (SSSR count). The molecule has 2 heterocycles. The fourth-order valence-corrected chi connectivity index (χ4v) is 4.21. The van der Waals surface area contributed by atoms with Crippen LogP contribution >= 0.6 is 11.3 Å². The Morgan fingerprint density at radius 3 is 2.61 bits per heavy atom. The quantitative estimate of drug-likeness (QED) is 0.698. The molecule has 0 radical (unpaired) electrons. The van der Waals surface area contributed by atoms with Gasteiger partial charge in [0.05, 0.1) is 22.6 Å². The normalized spacial score (nSPS) is 17.3. The number of benzene rings is 1. The molecule has 0 aliphatic heterocycles. The number of thiophene rings is 1.